The number of Topliss-reactive ketones (excluding diaryl/α,β-unsaturated/α-hetero) is 1. The number of fused-ring (bicyclic) bond motifs is 1. The topological polar surface area (TPSA) is 59.8 Å². The summed E-state index contributed by atoms with van der Waals surface area (Å²) >= 11 is 0. The highest BCUT2D eigenvalue weighted by Gasteiger charge is 2.32. The number of piperidine rings is 1. The molecule has 1 amide bonds. The summed E-state index contributed by atoms with van der Waals surface area (Å²) in [7, 11) is 0. The van der Waals surface area contributed by atoms with Crippen molar-refractivity contribution in [2.75, 3.05) is 13.1 Å². The highest BCUT2D eigenvalue weighted by molar-refractivity contribution is 6.07. The number of ketones is 1. The van der Waals surface area contributed by atoms with Gasteiger partial charge in [0, 0.05) is 29.8 Å². The third kappa shape index (κ3) is 3.45. The van der Waals surface area contributed by atoms with Gasteiger partial charge < -0.3 is 14.1 Å². The Labute approximate surface area is 141 Å². The van der Waals surface area contributed by atoms with E-state index in [4.69, 9.17) is 9.15 Å². The van der Waals surface area contributed by atoms with E-state index in [1.807, 2.05) is 45.0 Å². The summed E-state index contributed by atoms with van der Waals surface area (Å²) in [6, 6.07) is 7.66. The van der Waals surface area contributed by atoms with E-state index >= 15 is 0 Å². The quantitative estimate of drug-likeness (QED) is 0.772. The van der Waals surface area contributed by atoms with Crippen LogP contribution >= 0.6 is 0 Å². The lowest BCUT2D eigenvalue weighted by atomic mass is 9.90. The Morgan fingerprint density at radius 3 is 2.50 bits per heavy atom. The maximum absolute atomic E-state index is 12.8. The Morgan fingerprint density at radius 2 is 1.83 bits per heavy atom. The SMILES string of the molecule is CC(C)(C)OC(=O)N1CCC(C(=O)c2occ3ccccc23)CC1. The van der Waals surface area contributed by atoms with Crippen molar-refractivity contribution in [2.24, 2.45) is 5.92 Å². The molecule has 3 rings (SSSR count). The lowest BCUT2D eigenvalue weighted by molar-refractivity contribution is 0.0181. The first-order chi connectivity index (χ1) is 11.3. The minimum Gasteiger partial charge on any atom is -0.460 e. The third-order valence-electron chi connectivity index (χ3n) is 4.25. The zero-order valence-electron chi connectivity index (χ0n) is 14.4. The van der Waals surface area contributed by atoms with Crippen molar-refractivity contribution in [1.82, 2.24) is 4.90 Å². The van der Waals surface area contributed by atoms with Gasteiger partial charge in [0.1, 0.15) is 5.60 Å². The highest BCUT2D eigenvalue weighted by atomic mass is 16.6. The standard InChI is InChI=1S/C19H23NO4/c1-19(2,3)24-18(22)20-10-8-13(9-11-20)16(21)17-15-7-5-4-6-14(15)12-23-17/h4-7,12-13H,8-11H2,1-3H3. The lowest BCUT2D eigenvalue weighted by Gasteiger charge is -2.32. The molecule has 1 fully saturated rings. The van der Waals surface area contributed by atoms with E-state index in [9.17, 15) is 9.59 Å². The van der Waals surface area contributed by atoms with Crippen LogP contribution in [0.2, 0.25) is 0 Å². The van der Waals surface area contributed by atoms with Crippen molar-refractivity contribution in [3.8, 4) is 0 Å². The van der Waals surface area contributed by atoms with Crippen LogP contribution in [0.5, 0.6) is 0 Å². The van der Waals surface area contributed by atoms with Crippen LogP contribution < -0.4 is 0 Å². The molecule has 0 spiro atoms. The lowest BCUT2D eigenvalue weighted by Crippen LogP contribution is -2.42. The molecule has 1 aliphatic rings. The van der Waals surface area contributed by atoms with Crippen LogP contribution in [0.3, 0.4) is 0 Å². The van der Waals surface area contributed by atoms with E-state index in [-0.39, 0.29) is 17.8 Å². The predicted octanol–water partition coefficient (Wildman–Crippen LogP) is 4.26. The third-order valence-corrected chi connectivity index (χ3v) is 4.25. The van der Waals surface area contributed by atoms with Crippen LogP contribution in [-0.2, 0) is 4.74 Å². The number of carbonyl (C=O) groups is 2. The first-order valence-electron chi connectivity index (χ1n) is 8.33. The molecule has 5 nitrogen and oxygen atoms in total. The van der Waals surface area contributed by atoms with Gasteiger partial charge in [0.05, 0.1) is 6.26 Å². The van der Waals surface area contributed by atoms with Gasteiger partial charge in [-0.2, -0.15) is 0 Å². The molecular formula is C19H23NO4. The molecule has 1 aromatic heterocycles. The molecule has 2 aromatic rings. The van der Waals surface area contributed by atoms with Gasteiger partial charge in [0.2, 0.25) is 5.78 Å². The average molecular weight is 329 g/mol. The number of hydrogen-bond acceptors (Lipinski definition) is 4. The number of rotatable bonds is 2. The zero-order valence-corrected chi connectivity index (χ0v) is 14.4. The summed E-state index contributed by atoms with van der Waals surface area (Å²) in [5.74, 6) is 0.347. The van der Waals surface area contributed by atoms with Gasteiger partial charge in [-0.25, -0.2) is 4.79 Å². The van der Waals surface area contributed by atoms with Crippen LogP contribution in [-0.4, -0.2) is 35.5 Å². The molecule has 2 heterocycles. The average Bonchev–Trinajstić information content (AvgIpc) is 2.97. The van der Waals surface area contributed by atoms with E-state index in [2.05, 4.69) is 0 Å². The molecule has 0 saturated carbocycles. The maximum Gasteiger partial charge on any atom is 0.410 e. The Kier molecular flexibility index (Phi) is 4.35. The fraction of sp³-hybridized carbons (Fsp3) is 0.474. The second kappa shape index (κ2) is 6.30. The summed E-state index contributed by atoms with van der Waals surface area (Å²) in [5, 5.41) is 1.80. The van der Waals surface area contributed by atoms with Crippen LogP contribution in [0.25, 0.3) is 10.8 Å². The monoisotopic (exact) mass is 329 g/mol. The number of hydrogen-bond donors (Lipinski definition) is 0. The molecule has 0 N–H and O–H groups in total. The van der Waals surface area contributed by atoms with Gasteiger partial charge in [-0.1, -0.05) is 24.3 Å². The fourth-order valence-electron chi connectivity index (χ4n) is 3.02. The summed E-state index contributed by atoms with van der Waals surface area (Å²) in [4.78, 5) is 26.5. The molecule has 0 unspecified atom stereocenters. The smallest absolute Gasteiger partial charge is 0.410 e. The molecule has 0 radical (unpaired) electrons. The summed E-state index contributed by atoms with van der Waals surface area (Å²) in [6.45, 7) is 6.61. The van der Waals surface area contributed by atoms with Crippen LogP contribution in [0.4, 0.5) is 4.79 Å². The fourth-order valence-corrected chi connectivity index (χ4v) is 3.02. The Balaban J connectivity index is 1.64. The number of nitrogens with zero attached hydrogens (tertiary/aromatic N) is 1. The minimum absolute atomic E-state index is 0.0278. The van der Waals surface area contributed by atoms with E-state index < -0.39 is 5.60 Å². The Hall–Kier alpha value is -2.30. The molecule has 1 aromatic carbocycles. The maximum atomic E-state index is 12.8. The van der Waals surface area contributed by atoms with Gasteiger partial charge in [-0.3, -0.25) is 4.79 Å². The van der Waals surface area contributed by atoms with Gasteiger partial charge in [0.25, 0.3) is 0 Å². The first-order valence-corrected chi connectivity index (χ1v) is 8.33. The van der Waals surface area contributed by atoms with Gasteiger partial charge in [-0.15, -0.1) is 0 Å². The molecule has 0 atom stereocenters. The molecule has 128 valence electrons. The second-order valence-corrected chi connectivity index (χ2v) is 7.26. The number of likely N-dealkylation sites (tertiary alicyclic amines) is 1. The van der Waals surface area contributed by atoms with E-state index in [1.165, 1.54) is 0 Å². The zero-order chi connectivity index (χ0) is 17.3. The normalized spacial score (nSPS) is 16.4. The van der Waals surface area contributed by atoms with E-state index in [0.717, 1.165) is 10.8 Å². The first kappa shape index (κ1) is 16.6. The van der Waals surface area contributed by atoms with Crippen molar-refractivity contribution < 1.29 is 18.7 Å². The molecule has 1 aliphatic heterocycles. The largest absolute Gasteiger partial charge is 0.460 e. The van der Waals surface area contributed by atoms with Gasteiger partial charge >= 0.3 is 6.09 Å². The molecule has 0 bridgehead atoms. The van der Waals surface area contributed by atoms with Crippen molar-refractivity contribution in [1.29, 1.82) is 0 Å². The molecule has 5 heteroatoms. The van der Waals surface area contributed by atoms with Crippen molar-refractivity contribution in [3.63, 3.8) is 0 Å². The molecular weight excluding hydrogens is 306 g/mol. The van der Waals surface area contributed by atoms with Crippen molar-refractivity contribution in [2.45, 2.75) is 39.2 Å². The van der Waals surface area contributed by atoms with Crippen molar-refractivity contribution in [3.05, 3.63) is 36.3 Å². The van der Waals surface area contributed by atoms with Gasteiger partial charge in [-0.05, 0) is 33.6 Å². The van der Waals surface area contributed by atoms with Crippen molar-refractivity contribution >= 4 is 22.6 Å². The second-order valence-electron chi connectivity index (χ2n) is 7.26. The molecule has 1 saturated heterocycles. The van der Waals surface area contributed by atoms with E-state index in [0.29, 0.717) is 31.7 Å². The van der Waals surface area contributed by atoms with E-state index in [1.54, 1.807) is 11.2 Å². The summed E-state index contributed by atoms with van der Waals surface area (Å²) in [6.07, 6.45) is 2.58. The van der Waals surface area contributed by atoms with Crippen LogP contribution in [0.15, 0.2) is 34.9 Å². The summed E-state index contributed by atoms with van der Waals surface area (Å²) < 4.78 is 10.9. The number of amides is 1. The number of ether oxygens (including phenoxy) is 1. The summed E-state index contributed by atoms with van der Waals surface area (Å²) in [5.41, 5.74) is -0.503. The highest BCUT2D eigenvalue weighted by Crippen LogP contribution is 2.28. The van der Waals surface area contributed by atoms with Crippen LogP contribution in [0.1, 0.15) is 44.2 Å². The Bertz CT molecular complexity index is 748. The Morgan fingerprint density at radius 1 is 1.17 bits per heavy atom. The number of benzene rings is 1. The predicted molar refractivity (Wildman–Crippen MR) is 91.1 cm³/mol. The minimum atomic E-state index is -0.503. The number of carbonyl (C=O) groups excluding carboxylic acids is 2. The van der Waals surface area contributed by atoms with Gasteiger partial charge in [0.15, 0.2) is 5.76 Å². The molecule has 24 heavy (non-hydrogen) atoms. The van der Waals surface area contributed by atoms with Crippen LogP contribution in [0, 0.1) is 5.92 Å². The molecule has 0 aliphatic carbocycles. The number of furan rings is 1.